The lowest BCUT2D eigenvalue weighted by atomic mass is 10.1. The van der Waals surface area contributed by atoms with E-state index in [1.165, 1.54) is 14.2 Å². The molecule has 1 unspecified atom stereocenters. The van der Waals surface area contributed by atoms with Crippen molar-refractivity contribution < 1.29 is 14.3 Å². The van der Waals surface area contributed by atoms with Gasteiger partial charge in [0.15, 0.2) is 0 Å². The summed E-state index contributed by atoms with van der Waals surface area (Å²) in [5.74, 6) is 0.783. The summed E-state index contributed by atoms with van der Waals surface area (Å²) in [7, 11) is 3.05. The summed E-state index contributed by atoms with van der Waals surface area (Å²) < 4.78 is 10.4. The van der Waals surface area contributed by atoms with Gasteiger partial charge in [0.2, 0.25) is 0 Å². The highest BCUT2D eigenvalue weighted by molar-refractivity contribution is 5.99. The van der Waals surface area contributed by atoms with E-state index in [9.17, 15) is 4.79 Å². The maximum absolute atomic E-state index is 12.2. The van der Waals surface area contributed by atoms with Crippen molar-refractivity contribution in [1.82, 2.24) is 5.32 Å². The first kappa shape index (κ1) is 15.3. The van der Waals surface area contributed by atoms with Crippen molar-refractivity contribution in [3.8, 4) is 11.5 Å². The molecule has 0 aromatic heterocycles. The number of carbonyl (C=O) groups is 1. The lowest BCUT2D eigenvalue weighted by molar-refractivity contribution is 0.0946. The highest BCUT2D eigenvalue weighted by Crippen LogP contribution is 2.27. The number of carbonyl (C=O) groups excluding carboxylic acids is 1. The Labute approximate surface area is 114 Å². The fourth-order valence-corrected chi connectivity index (χ4v) is 1.74. The Morgan fingerprint density at radius 3 is 2.37 bits per heavy atom. The van der Waals surface area contributed by atoms with Gasteiger partial charge in [0, 0.05) is 12.6 Å². The number of rotatable bonds is 7. The quantitative estimate of drug-likeness (QED) is 0.785. The first-order valence-corrected chi connectivity index (χ1v) is 6.38. The van der Waals surface area contributed by atoms with Crippen molar-refractivity contribution >= 4 is 5.91 Å². The van der Waals surface area contributed by atoms with E-state index in [4.69, 9.17) is 15.2 Å². The molecule has 5 nitrogen and oxygen atoms in total. The van der Waals surface area contributed by atoms with Gasteiger partial charge in [-0.1, -0.05) is 13.0 Å². The number of hydrogen-bond acceptors (Lipinski definition) is 4. The van der Waals surface area contributed by atoms with Crippen molar-refractivity contribution in [2.45, 2.75) is 25.8 Å². The number of ether oxygens (including phenoxy) is 2. The largest absolute Gasteiger partial charge is 0.496 e. The molecule has 0 aliphatic heterocycles. The summed E-state index contributed by atoms with van der Waals surface area (Å²) in [4.78, 5) is 12.2. The molecule has 0 saturated heterocycles. The lowest BCUT2D eigenvalue weighted by Crippen LogP contribution is -2.30. The van der Waals surface area contributed by atoms with Crippen molar-refractivity contribution in [2.24, 2.45) is 5.73 Å². The third-order valence-electron chi connectivity index (χ3n) is 2.98. The molecular formula is C14H22N2O3. The van der Waals surface area contributed by atoms with Gasteiger partial charge in [-0.05, 0) is 25.0 Å². The van der Waals surface area contributed by atoms with Crippen LogP contribution in [0.5, 0.6) is 11.5 Å². The van der Waals surface area contributed by atoms with Gasteiger partial charge >= 0.3 is 0 Å². The first-order chi connectivity index (χ1) is 9.13. The van der Waals surface area contributed by atoms with Crippen molar-refractivity contribution in [3.05, 3.63) is 23.8 Å². The van der Waals surface area contributed by atoms with E-state index in [-0.39, 0.29) is 11.9 Å². The predicted octanol–water partition coefficient (Wildman–Crippen LogP) is 1.56. The average Bonchev–Trinajstić information content (AvgIpc) is 2.45. The minimum atomic E-state index is -0.211. The Hall–Kier alpha value is -1.75. The number of methoxy groups -OCH3 is 2. The van der Waals surface area contributed by atoms with Gasteiger partial charge in [-0.15, -0.1) is 0 Å². The zero-order chi connectivity index (χ0) is 14.3. The van der Waals surface area contributed by atoms with E-state index in [2.05, 4.69) is 5.32 Å². The molecule has 1 atom stereocenters. The first-order valence-electron chi connectivity index (χ1n) is 6.38. The zero-order valence-electron chi connectivity index (χ0n) is 11.7. The number of nitrogens with one attached hydrogen (secondary N) is 1. The predicted molar refractivity (Wildman–Crippen MR) is 74.8 cm³/mol. The third-order valence-corrected chi connectivity index (χ3v) is 2.98. The minimum absolute atomic E-state index is 0.111. The van der Waals surface area contributed by atoms with Crippen molar-refractivity contribution in [1.29, 1.82) is 0 Å². The number of hydrogen-bond donors (Lipinski definition) is 2. The van der Waals surface area contributed by atoms with Crippen LogP contribution in [-0.4, -0.2) is 32.7 Å². The molecule has 0 bridgehead atoms. The fourth-order valence-electron chi connectivity index (χ4n) is 1.74. The number of benzene rings is 1. The van der Waals surface area contributed by atoms with Crippen LogP contribution in [-0.2, 0) is 0 Å². The van der Waals surface area contributed by atoms with Crippen LogP contribution in [0, 0.1) is 0 Å². The smallest absolute Gasteiger partial charge is 0.258 e. The average molecular weight is 266 g/mol. The Kier molecular flexibility index (Phi) is 6.15. The van der Waals surface area contributed by atoms with E-state index in [1.807, 2.05) is 6.92 Å². The van der Waals surface area contributed by atoms with Crippen LogP contribution < -0.4 is 20.5 Å². The van der Waals surface area contributed by atoms with Gasteiger partial charge in [0.05, 0.1) is 14.2 Å². The molecule has 1 amide bonds. The Bertz CT molecular complexity index is 399. The summed E-state index contributed by atoms with van der Waals surface area (Å²) in [6.07, 6.45) is 1.65. The summed E-state index contributed by atoms with van der Waals surface area (Å²) in [5.41, 5.74) is 6.22. The molecule has 0 heterocycles. The van der Waals surface area contributed by atoms with Gasteiger partial charge in [-0.3, -0.25) is 4.79 Å². The SMILES string of the molecule is CCC(N)CCNC(=O)c1c(OC)cccc1OC. The maximum Gasteiger partial charge on any atom is 0.258 e. The highest BCUT2D eigenvalue weighted by atomic mass is 16.5. The van der Waals surface area contributed by atoms with E-state index >= 15 is 0 Å². The molecule has 0 radical (unpaired) electrons. The van der Waals surface area contributed by atoms with Crippen molar-refractivity contribution in [2.75, 3.05) is 20.8 Å². The van der Waals surface area contributed by atoms with Crippen LogP contribution in [0.2, 0.25) is 0 Å². The molecule has 106 valence electrons. The third kappa shape index (κ3) is 4.13. The molecule has 1 aromatic rings. The molecule has 0 spiro atoms. The zero-order valence-corrected chi connectivity index (χ0v) is 11.7. The molecule has 19 heavy (non-hydrogen) atoms. The Morgan fingerprint density at radius 2 is 1.89 bits per heavy atom. The van der Waals surface area contributed by atoms with Gasteiger partial charge in [-0.25, -0.2) is 0 Å². The second-order valence-electron chi connectivity index (χ2n) is 4.25. The van der Waals surface area contributed by atoms with Crippen LogP contribution in [0.3, 0.4) is 0 Å². The van der Waals surface area contributed by atoms with E-state index in [0.717, 1.165) is 12.8 Å². The van der Waals surface area contributed by atoms with Gasteiger partial charge in [0.1, 0.15) is 17.1 Å². The second-order valence-corrected chi connectivity index (χ2v) is 4.25. The van der Waals surface area contributed by atoms with E-state index in [1.54, 1.807) is 18.2 Å². The number of amides is 1. The van der Waals surface area contributed by atoms with Gasteiger partial charge in [-0.2, -0.15) is 0 Å². The molecule has 0 fully saturated rings. The standard InChI is InChI=1S/C14H22N2O3/c1-4-10(15)8-9-16-14(17)13-11(18-2)6-5-7-12(13)19-3/h5-7,10H,4,8-9,15H2,1-3H3,(H,16,17). The monoisotopic (exact) mass is 266 g/mol. The maximum atomic E-state index is 12.2. The topological polar surface area (TPSA) is 73.6 Å². The van der Waals surface area contributed by atoms with E-state index in [0.29, 0.717) is 23.6 Å². The molecule has 0 saturated carbocycles. The van der Waals surface area contributed by atoms with E-state index < -0.39 is 0 Å². The highest BCUT2D eigenvalue weighted by Gasteiger charge is 2.17. The Morgan fingerprint density at radius 1 is 1.32 bits per heavy atom. The van der Waals surface area contributed by atoms with Crippen LogP contribution in [0.1, 0.15) is 30.1 Å². The molecule has 0 aliphatic rings. The summed E-state index contributed by atoms with van der Waals surface area (Å²) in [6.45, 7) is 2.56. The van der Waals surface area contributed by atoms with Crippen LogP contribution in [0.25, 0.3) is 0 Å². The second kappa shape index (κ2) is 7.63. The van der Waals surface area contributed by atoms with Crippen LogP contribution in [0.15, 0.2) is 18.2 Å². The van der Waals surface area contributed by atoms with Gasteiger partial charge < -0.3 is 20.5 Å². The normalized spacial score (nSPS) is 11.8. The molecule has 1 rings (SSSR count). The minimum Gasteiger partial charge on any atom is -0.496 e. The summed E-state index contributed by atoms with van der Waals surface area (Å²) >= 11 is 0. The fraction of sp³-hybridized carbons (Fsp3) is 0.500. The summed E-state index contributed by atoms with van der Waals surface area (Å²) in [6, 6.07) is 5.35. The molecular weight excluding hydrogens is 244 g/mol. The Balaban J connectivity index is 2.75. The summed E-state index contributed by atoms with van der Waals surface area (Å²) in [5, 5.41) is 2.83. The molecule has 1 aromatic carbocycles. The lowest BCUT2D eigenvalue weighted by Gasteiger charge is -2.14. The molecule has 3 N–H and O–H groups in total. The molecule has 0 aliphatic carbocycles. The van der Waals surface area contributed by atoms with Crippen LogP contribution >= 0.6 is 0 Å². The van der Waals surface area contributed by atoms with Crippen molar-refractivity contribution in [3.63, 3.8) is 0 Å². The van der Waals surface area contributed by atoms with Crippen LogP contribution in [0.4, 0.5) is 0 Å². The number of nitrogens with two attached hydrogens (primary N) is 1. The van der Waals surface area contributed by atoms with Gasteiger partial charge in [0.25, 0.3) is 5.91 Å². The molecule has 5 heteroatoms.